The lowest BCUT2D eigenvalue weighted by Crippen LogP contribution is -2.29. The first-order valence-corrected chi connectivity index (χ1v) is 13.4. The fourth-order valence-electron chi connectivity index (χ4n) is 4.23. The van der Waals surface area contributed by atoms with Gasteiger partial charge in [0.05, 0.1) is 29.5 Å². The van der Waals surface area contributed by atoms with Crippen molar-refractivity contribution in [1.29, 1.82) is 0 Å². The zero-order chi connectivity index (χ0) is 27.5. The Morgan fingerprint density at radius 3 is 2.45 bits per heavy atom. The largest absolute Gasteiger partial charge is 0.467 e. The Balaban J connectivity index is 1.16. The van der Waals surface area contributed by atoms with Gasteiger partial charge in [-0.1, -0.05) is 17.8 Å². The second-order valence-electron chi connectivity index (χ2n) is 8.93. The molecule has 40 heavy (non-hydrogen) atoms. The minimum Gasteiger partial charge on any atom is -0.467 e. The Labute approximate surface area is 231 Å². The number of aromatic nitrogens is 2. The number of thioether (sulfide) groups is 1. The smallest absolute Gasteiger partial charge is 0.262 e. The van der Waals surface area contributed by atoms with Crippen LogP contribution in [0.25, 0.3) is 10.9 Å². The average molecular weight is 565 g/mol. The maximum absolute atomic E-state index is 13.5. The number of hydrogen-bond donors (Lipinski definition) is 2. The molecular weight excluding hydrogens is 540 g/mol. The van der Waals surface area contributed by atoms with Crippen LogP contribution in [-0.2, 0) is 29.2 Å². The Morgan fingerprint density at radius 1 is 0.900 bits per heavy atom. The van der Waals surface area contributed by atoms with Crippen LogP contribution in [0, 0.1) is 0 Å². The van der Waals surface area contributed by atoms with Gasteiger partial charge in [0.1, 0.15) is 5.76 Å². The summed E-state index contributed by atoms with van der Waals surface area (Å²) >= 11 is 1.11. The molecule has 0 radical (unpaired) electrons. The molecule has 206 valence electrons. The minimum atomic E-state index is -0.342. The van der Waals surface area contributed by atoms with Crippen molar-refractivity contribution < 1.29 is 33.0 Å². The number of carbonyl (C=O) groups is 2. The topological polar surface area (TPSA) is 143 Å². The van der Waals surface area contributed by atoms with E-state index in [2.05, 4.69) is 15.6 Å². The van der Waals surface area contributed by atoms with Gasteiger partial charge in [0.25, 0.3) is 5.56 Å². The number of rotatable bonds is 10. The molecule has 0 fully saturated rings. The van der Waals surface area contributed by atoms with Crippen molar-refractivity contribution in [3.63, 3.8) is 0 Å². The van der Waals surface area contributed by atoms with E-state index in [0.717, 1.165) is 17.3 Å². The maximum atomic E-state index is 13.5. The van der Waals surface area contributed by atoms with E-state index in [1.54, 1.807) is 30.3 Å². The van der Waals surface area contributed by atoms with Crippen molar-refractivity contribution in [2.75, 3.05) is 19.3 Å². The summed E-state index contributed by atoms with van der Waals surface area (Å²) < 4.78 is 28.2. The lowest BCUT2D eigenvalue weighted by Gasteiger charge is -2.14. The molecule has 0 bridgehead atoms. The molecule has 2 aliphatic heterocycles. The average Bonchev–Trinajstić information content (AvgIpc) is 3.74. The number of nitrogens with zero attached hydrogens (tertiary/aromatic N) is 2. The predicted octanol–water partition coefficient (Wildman–Crippen LogP) is 2.56. The molecule has 2 aliphatic rings. The summed E-state index contributed by atoms with van der Waals surface area (Å²) in [5.41, 5.74) is 0.927. The van der Waals surface area contributed by atoms with Gasteiger partial charge in [-0.05, 0) is 35.9 Å². The molecule has 2 N–H and O–H groups in total. The molecule has 2 aromatic heterocycles. The second-order valence-corrected chi connectivity index (χ2v) is 9.88. The van der Waals surface area contributed by atoms with Crippen LogP contribution in [0.15, 0.2) is 63.1 Å². The number of amides is 2. The van der Waals surface area contributed by atoms with E-state index in [9.17, 15) is 14.4 Å². The van der Waals surface area contributed by atoms with Gasteiger partial charge in [0, 0.05) is 25.6 Å². The maximum Gasteiger partial charge on any atom is 0.262 e. The third kappa shape index (κ3) is 5.54. The van der Waals surface area contributed by atoms with Crippen molar-refractivity contribution >= 4 is 34.5 Å². The van der Waals surface area contributed by atoms with Crippen LogP contribution in [-0.4, -0.2) is 40.7 Å². The monoisotopic (exact) mass is 564 g/mol. The molecule has 0 saturated heterocycles. The summed E-state index contributed by atoms with van der Waals surface area (Å²) in [5.74, 6) is 2.39. The Hall–Kier alpha value is -4.65. The number of ether oxygens (including phenoxy) is 4. The highest BCUT2D eigenvalue weighted by atomic mass is 32.2. The van der Waals surface area contributed by atoms with E-state index in [4.69, 9.17) is 23.4 Å². The number of hydrogen-bond acceptors (Lipinski definition) is 10. The fourth-order valence-corrected chi connectivity index (χ4v) is 5.09. The van der Waals surface area contributed by atoms with Gasteiger partial charge >= 0.3 is 0 Å². The molecule has 0 saturated carbocycles. The molecule has 2 aromatic carbocycles. The van der Waals surface area contributed by atoms with E-state index in [1.807, 2.05) is 12.1 Å². The van der Waals surface area contributed by atoms with E-state index >= 15 is 0 Å². The molecule has 4 heterocycles. The quantitative estimate of drug-likeness (QED) is 0.218. The summed E-state index contributed by atoms with van der Waals surface area (Å²) in [5, 5.41) is 6.28. The van der Waals surface area contributed by atoms with Crippen LogP contribution in [0.5, 0.6) is 23.0 Å². The highest BCUT2D eigenvalue weighted by Crippen LogP contribution is 2.35. The number of benzene rings is 2. The summed E-state index contributed by atoms with van der Waals surface area (Å²) in [6.07, 6.45) is 1.56. The van der Waals surface area contributed by atoms with Gasteiger partial charge in [-0.15, -0.1) is 0 Å². The molecule has 13 heteroatoms. The molecule has 0 atom stereocenters. The first kappa shape index (κ1) is 25.6. The normalized spacial score (nSPS) is 13.0. The molecule has 0 unspecified atom stereocenters. The molecule has 2 amide bonds. The lowest BCUT2D eigenvalue weighted by atomic mass is 10.2. The van der Waals surface area contributed by atoms with Crippen LogP contribution in [0.1, 0.15) is 17.7 Å². The first-order chi connectivity index (χ1) is 19.5. The highest BCUT2D eigenvalue weighted by Gasteiger charge is 2.20. The lowest BCUT2D eigenvalue weighted by molar-refractivity contribution is -0.121. The molecular formula is C27H24N4O8S. The van der Waals surface area contributed by atoms with Crippen molar-refractivity contribution in [3.05, 3.63) is 70.4 Å². The van der Waals surface area contributed by atoms with Crippen molar-refractivity contribution in [2.24, 2.45) is 0 Å². The van der Waals surface area contributed by atoms with Crippen molar-refractivity contribution in [1.82, 2.24) is 20.2 Å². The van der Waals surface area contributed by atoms with Gasteiger partial charge in [-0.25, -0.2) is 4.98 Å². The van der Waals surface area contributed by atoms with Gasteiger partial charge in [0.15, 0.2) is 28.2 Å². The van der Waals surface area contributed by atoms with Gasteiger partial charge in [0.2, 0.25) is 25.4 Å². The third-order valence-electron chi connectivity index (χ3n) is 6.27. The van der Waals surface area contributed by atoms with Crippen LogP contribution in [0.2, 0.25) is 0 Å². The number of fused-ring (bicyclic) bond motifs is 3. The molecule has 0 aliphatic carbocycles. The van der Waals surface area contributed by atoms with Gasteiger partial charge in [-0.3, -0.25) is 19.0 Å². The number of carbonyl (C=O) groups excluding carboxylic acids is 2. The minimum absolute atomic E-state index is 0.0134. The number of furan rings is 1. The summed E-state index contributed by atoms with van der Waals surface area (Å²) in [6, 6.07) is 12.2. The Kier molecular flexibility index (Phi) is 7.19. The van der Waals surface area contributed by atoms with Crippen molar-refractivity contribution in [3.8, 4) is 23.0 Å². The van der Waals surface area contributed by atoms with Crippen molar-refractivity contribution in [2.45, 2.75) is 31.2 Å². The zero-order valence-electron chi connectivity index (χ0n) is 21.1. The van der Waals surface area contributed by atoms with Crippen LogP contribution in [0.4, 0.5) is 0 Å². The van der Waals surface area contributed by atoms with E-state index in [1.165, 1.54) is 10.8 Å². The first-order valence-electron chi connectivity index (χ1n) is 12.4. The van der Waals surface area contributed by atoms with Gasteiger partial charge < -0.3 is 34.0 Å². The third-order valence-corrected chi connectivity index (χ3v) is 7.25. The summed E-state index contributed by atoms with van der Waals surface area (Å²) in [4.78, 5) is 43.3. The molecule has 6 rings (SSSR count). The summed E-state index contributed by atoms with van der Waals surface area (Å²) in [6.45, 7) is 0.840. The fraction of sp³-hybridized carbons (Fsp3) is 0.259. The van der Waals surface area contributed by atoms with E-state index in [0.29, 0.717) is 51.4 Å². The number of nitrogens with one attached hydrogen (secondary N) is 2. The van der Waals surface area contributed by atoms with E-state index in [-0.39, 0.29) is 56.2 Å². The molecule has 12 nitrogen and oxygen atoms in total. The zero-order valence-corrected chi connectivity index (χ0v) is 22.0. The Morgan fingerprint density at radius 2 is 1.65 bits per heavy atom. The SMILES string of the molecule is O=C(CCn1c(SCC(=O)NCc2ccco2)nc2cc3c(cc2c1=O)OCO3)NCc1ccc2c(c1)OCO2. The van der Waals surface area contributed by atoms with Crippen LogP contribution >= 0.6 is 11.8 Å². The molecule has 0 spiro atoms. The molecule has 4 aromatic rings. The predicted molar refractivity (Wildman–Crippen MR) is 142 cm³/mol. The standard InChI is InChI=1S/C27H24N4O8S/c32-24(28-11-16-3-4-20-21(8-16)37-14-36-20)5-6-31-26(34)18-9-22-23(39-15-38-22)10-19(18)30-27(31)40-13-25(33)29-12-17-2-1-7-35-17/h1-4,7-10H,5-6,11-15H2,(H,28,32)(H,29,33). The van der Waals surface area contributed by atoms with Crippen LogP contribution < -0.4 is 35.1 Å². The highest BCUT2D eigenvalue weighted by molar-refractivity contribution is 7.99. The van der Waals surface area contributed by atoms with E-state index < -0.39 is 0 Å². The Bertz CT molecular complexity index is 1640. The van der Waals surface area contributed by atoms with Crippen LogP contribution in [0.3, 0.4) is 0 Å². The second kappa shape index (κ2) is 11.2. The van der Waals surface area contributed by atoms with Gasteiger partial charge in [-0.2, -0.15) is 0 Å². The summed E-state index contributed by atoms with van der Waals surface area (Å²) in [7, 11) is 0.